The molecule has 0 atom stereocenters. The van der Waals surface area contributed by atoms with Crippen LogP contribution in [0.25, 0.3) is 6.08 Å². The van der Waals surface area contributed by atoms with Crippen molar-refractivity contribution in [3.63, 3.8) is 0 Å². The van der Waals surface area contributed by atoms with Crippen molar-refractivity contribution < 1.29 is 14.3 Å². The van der Waals surface area contributed by atoms with E-state index in [1.807, 2.05) is 32.9 Å². The molecule has 0 bridgehead atoms. The zero-order valence-corrected chi connectivity index (χ0v) is 16.3. The molecule has 23 heavy (non-hydrogen) atoms. The number of nitrogens with one attached hydrogen (secondary N) is 1. The Bertz CT molecular complexity index is 661. The molecule has 0 spiro atoms. The molecule has 1 fully saturated rings. The van der Waals surface area contributed by atoms with Crippen molar-refractivity contribution >= 4 is 51.9 Å². The van der Waals surface area contributed by atoms with Crippen LogP contribution in [0.1, 0.15) is 26.3 Å². The molecule has 1 aliphatic rings. The van der Waals surface area contributed by atoms with Gasteiger partial charge in [0.1, 0.15) is 5.70 Å². The molecule has 0 saturated carbocycles. The van der Waals surface area contributed by atoms with Gasteiger partial charge in [0.25, 0.3) is 5.91 Å². The van der Waals surface area contributed by atoms with Crippen molar-refractivity contribution in [2.45, 2.75) is 20.8 Å². The van der Waals surface area contributed by atoms with Gasteiger partial charge in [-0.1, -0.05) is 0 Å². The zero-order chi connectivity index (χ0) is 17.0. The van der Waals surface area contributed by atoms with Gasteiger partial charge >= 0.3 is 0 Å². The van der Waals surface area contributed by atoms with E-state index in [1.165, 1.54) is 4.90 Å². The van der Waals surface area contributed by atoms with Crippen LogP contribution in [0.5, 0.6) is 11.5 Å². The summed E-state index contributed by atoms with van der Waals surface area (Å²) in [5.41, 5.74) is 1.33. The number of ether oxygens (including phenoxy) is 2. The topological polar surface area (TPSA) is 50.8 Å². The minimum atomic E-state index is -0.112. The van der Waals surface area contributed by atoms with Crippen molar-refractivity contribution in [3.05, 3.63) is 27.0 Å². The SMILES string of the molecule is CCOc1cc(/C=C2\NC(=S)N(CC)C2=O)cc(I)c1OCC. The van der Waals surface area contributed by atoms with Crippen LogP contribution in [0, 0.1) is 3.57 Å². The molecule has 7 heteroatoms. The fraction of sp³-hybridized carbons (Fsp3) is 0.375. The van der Waals surface area contributed by atoms with Crippen molar-refractivity contribution in [1.29, 1.82) is 0 Å². The van der Waals surface area contributed by atoms with Crippen LogP contribution >= 0.6 is 34.8 Å². The Morgan fingerprint density at radius 1 is 1.26 bits per heavy atom. The molecular formula is C16H19IN2O3S. The number of carbonyl (C=O) groups is 1. The van der Waals surface area contributed by atoms with E-state index in [-0.39, 0.29) is 5.91 Å². The predicted molar refractivity (Wildman–Crippen MR) is 103 cm³/mol. The molecule has 1 aliphatic heterocycles. The Morgan fingerprint density at radius 2 is 1.96 bits per heavy atom. The van der Waals surface area contributed by atoms with Crippen molar-refractivity contribution in [1.82, 2.24) is 10.2 Å². The van der Waals surface area contributed by atoms with E-state index >= 15 is 0 Å². The number of carbonyl (C=O) groups excluding carboxylic acids is 1. The van der Waals surface area contributed by atoms with Gasteiger partial charge in [0.05, 0.1) is 16.8 Å². The highest BCUT2D eigenvalue weighted by Gasteiger charge is 2.29. The molecule has 0 radical (unpaired) electrons. The summed E-state index contributed by atoms with van der Waals surface area (Å²) in [6.07, 6.45) is 1.78. The average Bonchev–Trinajstić information content (AvgIpc) is 2.77. The van der Waals surface area contributed by atoms with Crippen LogP contribution in [0.3, 0.4) is 0 Å². The lowest BCUT2D eigenvalue weighted by molar-refractivity contribution is -0.122. The van der Waals surface area contributed by atoms with E-state index in [1.54, 1.807) is 6.08 Å². The van der Waals surface area contributed by atoms with Gasteiger partial charge in [0, 0.05) is 6.54 Å². The summed E-state index contributed by atoms with van der Waals surface area (Å²) in [6, 6.07) is 3.82. The number of halogens is 1. The molecule has 0 aliphatic carbocycles. The minimum absolute atomic E-state index is 0.112. The minimum Gasteiger partial charge on any atom is -0.490 e. The average molecular weight is 446 g/mol. The standard InChI is InChI=1S/C16H19IN2O3S/c1-4-19-15(20)12(18-16(19)23)8-10-7-11(17)14(22-6-3)13(9-10)21-5-2/h7-9H,4-6H2,1-3H3,(H,18,23)/b12-8-. The van der Waals surface area contributed by atoms with Crippen LogP contribution in [-0.4, -0.2) is 35.7 Å². The van der Waals surface area contributed by atoms with Crippen LogP contribution in [0.2, 0.25) is 0 Å². The summed E-state index contributed by atoms with van der Waals surface area (Å²) in [7, 11) is 0. The van der Waals surface area contributed by atoms with Gasteiger partial charge < -0.3 is 14.8 Å². The molecule has 124 valence electrons. The first-order chi connectivity index (χ1) is 11.0. The van der Waals surface area contributed by atoms with Gasteiger partial charge in [0.15, 0.2) is 16.6 Å². The predicted octanol–water partition coefficient (Wildman–Crippen LogP) is 3.17. The second kappa shape index (κ2) is 7.96. The van der Waals surface area contributed by atoms with Crippen molar-refractivity contribution in [2.75, 3.05) is 19.8 Å². The lowest BCUT2D eigenvalue weighted by Crippen LogP contribution is -2.30. The maximum atomic E-state index is 12.3. The molecular weight excluding hydrogens is 427 g/mol. The smallest absolute Gasteiger partial charge is 0.276 e. The molecule has 0 unspecified atom stereocenters. The van der Waals surface area contributed by atoms with Gasteiger partial charge in [-0.25, -0.2) is 0 Å². The van der Waals surface area contributed by atoms with Crippen LogP contribution in [-0.2, 0) is 4.79 Å². The third-order valence-electron chi connectivity index (χ3n) is 3.21. The Labute approximate surface area is 155 Å². The number of hydrogen-bond donors (Lipinski definition) is 1. The molecule has 1 saturated heterocycles. The van der Waals surface area contributed by atoms with Crippen LogP contribution in [0.15, 0.2) is 17.8 Å². The summed E-state index contributed by atoms with van der Waals surface area (Å²) < 4.78 is 12.3. The van der Waals surface area contributed by atoms with Gasteiger partial charge in [0.2, 0.25) is 0 Å². The van der Waals surface area contributed by atoms with Crippen molar-refractivity contribution in [2.24, 2.45) is 0 Å². The number of benzene rings is 1. The largest absolute Gasteiger partial charge is 0.490 e. The van der Waals surface area contributed by atoms with Crippen LogP contribution in [0.4, 0.5) is 0 Å². The zero-order valence-electron chi connectivity index (χ0n) is 13.3. The number of rotatable bonds is 6. The maximum Gasteiger partial charge on any atom is 0.276 e. The third kappa shape index (κ3) is 3.95. The molecule has 1 heterocycles. The van der Waals surface area contributed by atoms with Crippen LogP contribution < -0.4 is 14.8 Å². The van der Waals surface area contributed by atoms with Gasteiger partial charge in [-0.2, -0.15) is 0 Å². The second-order valence-electron chi connectivity index (χ2n) is 4.73. The van der Waals surface area contributed by atoms with E-state index in [9.17, 15) is 4.79 Å². The van der Waals surface area contributed by atoms with Crippen molar-refractivity contribution in [3.8, 4) is 11.5 Å². The second-order valence-corrected chi connectivity index (χ2v) is 6.28. The number of amides is 1. The summed E-state index contributed by atoms with van der Waals surface area (Å²) in [4.78, 5) is 13.8. The molecule has 2 rings (SSSR count). The fourth-order valence-electron chi connectivity index (χ4n) is 2.24. The summed E-state index contributed by atoms with van der Waals surface area (Å²) in [6.45, 7) is 7.41. The Balaban J connectivity index is 2.39. The highest BCUT2D eigenvalue weighted by Crippen LogP contribution is 2.35. The lowest BCUT2D eigenvalue weighted by atomic mass is 10.1. The molecule has 1 aromatic rings. The van der Waals surface area contributed by atoms with E-state index in [0.717, 1.165) is 14.9 Å². The summed E-state index contributed by atoms with van der Waals surface area (Å²) in [5.74, 6) is 1.29. The third-order valence-corrected chi connectivity index (χ3v) is 4.33. The Hall–Kier alpha value is -1.35. The number of nitrogens with zero attached hydrogens (tertiary/aromatic N) is 1. The number of hydrogen-bond acceptors (Lipinski definition) is 4. The monoisotopic (exact) mass is 446 g/mol. The first kappa shape index (κ1) is 18.0. The number of likely N-dealkylation sites (N-methyl/N-ethyl adjacent to an activating group) is 1. The molecule has 1 N–H and O–H groups in total. The summed E-state index contributed by atoms with van der Waals surface area (Å²) in [5, 5.41) is 3.40. The molecule has 1 aromatic carbocycles. The Morgan fingerprint density at radius 3 is 2.52 bits per heavy atom. The number of thiocarbonyl (C=S) groups is 1. The molecule has 1 amide bonds. The highest BCUT2D eigenvalue weighted by molar-refractivity contribution is 14.1. The molecule has 0 aromatic heterocycles. The first-order valence-electron chi connectivity index (χ1n) is 7.45. The summed E-state index contributed by atoms with van der Waals surface area (Å²) >= 11 is 7.37. The van der Waals surface area contributed by atoms with E-state index < -0.39 is 0 Å². The van der Waals surface area contributed by atoms with Gasteiger partial charge in [-0.05, 0) is 79.4 Å². The molecule has 5 nitrogen and oxygen atoms in total. The first-order valence-corrected chi connectivity index (χ1v) is 8.94. The van der Waals surface area contributed by atoms with E-state index in [2.05, 4.69) is 27.9 Å². The van der Waals surface area contributed by atoms with E-state index in [0.29, 0.717) is 36.3 Å². The Kier molecular flexibility index (Phi) is 6.23. The van der Waals surface area contributed by atoms with E-state index in [4.69, 9.17) is 21.7 Å². The maximum absolute atomic E-state index is 12.3. The van der Waals surface area contributed by atoms with Gasteiger partial charge in [-0.3, -0.25) is 9.69 Å². The quantitative estimate of drug-likeness (QED) is 0.414. The normalized spacial score (nSPS) is 16.0. The highest BCUT2D eigenvalue weighted by atomic mass is 127. The lowest BCUT2D eigenvalue weighted by Gasteiger charge is -2.13. The fourth-order valence-corrected chi connectivity index (χ4v) is 3.35. The van der Waals surface area contributed by atoms with Gasteiger partial charge in [-0.15, -0.1) is 0 Å².